The summed E-state index contributed by atoms with van der Waals surface area (Å²) in [5.74, 6) is -0.187. The van der Waals surface area contributed by atoms with E-state index in [1.54, 1.807) is 29.5 Å². The van der Waals surface area contributed by atoms with Crippen molar-refractivity contribution < 1.29 is 9.63 Å². The van der Waals surface area contributed by atoms with Gasteiger partial charge in [0, 0.05) is 23.6 Å². The summed E-state index contributed by atoms with van der Waals surface area (Å²) >= 11 is 0. The fourth-order valence-electron chi connectivity index (χ4n) is 2.44. The molecule has 26 heavy (non-hydrogen) atoms. The van der Waals surface area contributed by atoms with E-state index >= 15 is 0 Å². The molecule has 8 nitrogen and oxygen atoms in total. The molecule has 8 heteroatoms. The van der Waals surface area contributed by atoms with Gasteiger partial charge in [-0.2, -0.15) is 0 Å². The Kier molecular flexibility index (Phi) is 6.10. The van der Waals surface area contributed by atoms with E-state index in [0.29, 0.717) is 24.5 Å². The third-order valence-electron chi connectivity index (χ3n) is 3.84. The number of rotatable bonds is 8. The molecule has 0 atom stereocenters. The Morgan fingerprint density at radius 1 is 1.19 bits per heavy atom. The van der Waals surface area contributed by atoms with E-state index in [9.17, 15) is 4.79 Å². The largest absolute Gasteiger partial charge is 0.322 e. The molecule has 1 amide bonds. The minimum atomic E-state index is -0.187. The number of hydroxylamine groups is 1. The summed E-state index contributed by atoms with van der Waals surface area (Å²) in [4.78, 5) is 21.7. The van der Waals surface area contributed by atoms with E-state index in [2.05, 4.69) is 27.7 Å². The summed E-state index contributed by atoms with van der Waals surface area (Å²) in [6.07, 6.45) is 6.46. The predicted octanol–water partition coefficient (Wildman–Crippen LogP) is 3.82. The van der Waals surface area contributed by atoms with Gasteiger partial charge in [-0.15, -0.1) is 5.17 Å². The van der Waals surface area contributed by atoms with Crippen LogP contribution in [-0.2, 0) is 4.84 Å². The molecule has 0 aliphatic carbocycles. The van der Waals surface area contributed by atoms with Crippen LogP contribution < -0.4 is 10.3 Å². The van der Waals surface area contributed by atoms with Gasteiger partial charge in [-0.25, -0.2) is 5.01 Å². The molecule has 136 valence electrons. The highest BCUT2D eigenvalue weighted by Gasteiger charge is 2.18. The zero-order chi connectivity index (χ0) is 18.2. The first-order valence-electron chi connectivity index (χ1n) is 8.67. The smallest absolute Gasteiger partial charge is 0.255 e. The average Bonchev–Trinajstić information content (AvgIpc) is 3.15. The number of nitrogens with zero attached hydrogens (tertiary/aromatic N) is 5. The second-order valence-corrected chi connectivity index (χ2v) is 5.85. The van der Waals surface area contributed by atoms with Crippen LogP contribution in [0.3, 0.4) is 0 Å². The molecule has 0 unspecified atom stereocenters. The molecule has 1 aliphatic rings. The van der Waals surface area contributed by atoms with Crippen molar-refractivity contribution >= 4 is 17.3 Å². The Morgan fingerprint density at radius 3 is 2.85 bits per heavy atom. The maximum absolute atomic E-state index is 12.2. The maximum atomic E-state index is 12.2. The number of nitrogens with one attached hydrogen (secondary N) is 1. The average molecular weight is 354 g/mol. The van der Waals surface area contributed by atoms with Crippen LogP contribution in [0.2, 0.25) is 0 Å². The first kappa shape index (κ1) is 17.8. The summed E-state index contributed by atoms with van der Waals surface area (Å²) in [5, 5.41) is 14.2. The van der Waals surface area contributed by atoms with Crippen LogP contribution in [0.15, 0.2) is 59.2 Å². The van der Waals surface area contributed by atoms with Gasteiger partial charge in [-0.3, -0.25) is 14.6 Å². The fourth-order valence-corrected chi connectivity index (χ4v) is 2.44. The number of anilines is 2. The molecular formula is C18H22N6O2. The molecule has 2 heterocycles. The molecule has 1 aliphatic heterocycles. The van der Waals surface area contributed by atoms with E-state index in [-0.39, 0.29) is 5.91 Å². The topological polar surface area (TPSA) is 82.4 Å². The maximum Gasteiger partial charge on any atom is 0.255 e. The van der Waals surface area contributed by atoms with Crippen LogP contribution in [0.1, 0.15) is 36.5 Å². The van der Waals surface area contributed by atoms with Crippen LogP contribution in [0.5, 0.6) is 0 Å². The van der Waals surface area contributed by atoms with Gasteiger partial charge in [0.25, 0.3) is 5.91 Å². The molecule has 2 aromatic rings. The molecule has 1 aromatic heterocycles. The number of carbonyl (C=O) groups excluding carboxylic acids is 1. The van der Waals surface area contributed by atoms with Crippen LogP contribution >= 0.6 is 0 Å². The first-order valence-corrected chi connectivity index (χ1v) is 8.67. The van der Waals surface area contributed by atoms with Crippen molar-refractivity contribution in [2.45, 2.75) is 26.2 Å². The highest BCUT2D eigenvalue weighted by Crippen LogP contribution is 2.23. The van der Waals surface area contributed by atoms with Crippen molar-refractivity contribution in [3.63, 3.8) is 0 Å². The predicted molar refractivity (Wildman–Crippen MR) is 98.2 cm³/mol. The number of unbranched alkanes of at least 4 members (excludes halogenated alkanes) is 2. The van der Waals surface area contributed by atoms with Gasteiger partial charge in [0.15, 0.2) is 6.67 Å². The lowest BCUT2D eigenvalue weighted by molar-refractivity contribution is -0.153. The number of carbonyl (C=O) groups is 1. The SMILES string of the molecule is CCCCCON1CN(c2cccc(NC(=O)c3ccncc3)c2)N=N1. The molecule has 0 fully saturated rings. The third-order valence-corrected chi connectivity index (χ3v) is 3.84. The van der Waals surface area contributed by atoms with E-state index in [0.717, 1.165) is 24.9 Å². The van der Waals surface area contributed by atoms with Gasteiger partial charge >= 0.3 is 0 Å². The number of pyridine rings is 1. The van der Waals surface area contributed by atoms with Crippen molar-refractivity contribution in [3.8, 4) is 0 Å². The van der Waals surface area contributed by atoms with Crippen LogP contribution in [0, 0.1) is 0 Å². The molecule has 0 bridgehead atoms. The summed E-state index contributed by atoms with van der Waals surface area (Å²) in [6, 6.07) is 10.8. The van der Waals surface area contributed by atoms with Crippen molar-refractivity contribution in [3.05, 3.63) is 54.4 Å². The molecular weight excluding hydrogens is 332 g/mol. The molecule has 0 saturated carbocycles. The van der Waals surface area contributed by atoms with Gasteiger partial charge in [-0.05, 0) is 47.2 Å². The van der Waals surface area contributed by atoms with Crippen molar-refractivity contribution in [2.75, 3.05) is 23.6 Å². The van der Waals surface area contributed by atoms with E-state index in [1.165, 1.54) is 5.17 Å². The van der Waals surface area contributed by atoms with E-state index in [4.69, 9.17) is 4.84 Å². The van der Waals surface area contributed by atoms with Crippen molar-refractivity contribution in [2.24, 2.45) is 10.4 Å². The molecule has 1 N–H and O–H groups in total. The lowest BCUT2D eigenvalue weighted by Crippen LogP contribution is -2.25. The second kappa shape index (κ2) is 8.91. The number of benzene rings is 1. The molecule has 0 saturated heterocycles. The standard InChI is InChI=1S/C18H22N6O2/c1-2-3-4-12-26-24-14-23(21-22-24)17-7-5-6-16(13-17)20-18(25)15-8-10-19-11-9-15/h5-11,13H,2-4,12,14H2,1H3,(H,20,25). The summed E-state index contributed by atoms with van der Waals surface area (Å²) in [5.41, 5.74) is 2.06. The van der Waals surface area contributed by atoms with Gasteiger partial charge in [0.1, 0.15) is 0 Å². The number of hydrogen-bond acceptors (Lipinski definition) is 7. The normalized spacial score (nSPS) is 13.3. The zero-order valence-electron chi connectivity index (χ0n) is 14.7. The second-order valence-electron chi connectivity index (χ2n) is 5.85. The Hall–Kier alpha value is -3.00. The minimum Gasteiger partial charge on any atom is -0.322 e. The van der Waals surface area contributed by atoms with Crippen LogP contribution in [0.25, 0.3) is 0 Å². The molecule has 1 aromatic carbocycles. The number of aromatic nitrogens is 1. The molecule has 0 radical (unpaired) electrons. The molecule has 0 spiro atoms. The van der Waals surface area contributed by atoms with Gasteiger partial charge < -0.3 is 5.32 Å². The van der Waals surface area contributed by atoms with Gasteiger partial charge in [0.05, 0.1) is 12.3 Å². The van der Waals surface area contributed by atoms with E-state index in [1.807, 2.05) is 24.3 Å². The lowest BCUT2D eigenvalue weighted by Gasteiger charge is -2.16. The minimum absolute atomic E-state index is 0.187. The van der Waals surface area contributed by atoms with E-state index < -0.39 is 0 Å². The highest BCUT2D eigenvalue weighted by atomic mass is 16.7. The fraction of sp³-hybridized carbons (Fsp3) is 0.333. The summed E-state index contributed by atoms with van der Waals surface area (Å²) in [6.45, 7) is 3.19. The Balaban J connectivity index is 1.56. The number of amides is 1. The van der Waals surface area contributed by atoms with Crippen LogP contribution in [0.4, 0.5) is 11.4 Å². The Labute approximate surface area is 152 Å². The molecule has 3 rings (SSSR count). The van der Waals surface area contributed by atoms with Crippen LogP contribution in [-0.4, -0.2) is 29.3 Å². The Morgan fingerprint density at radius 2 is 2.04 bits per heavy atom. The Bertz CT molecular complexity index is 752. The monoisotopic (exact) mass is 354 g/mol. The lowest BCUT2D eigenvalue weighted by atomic mass is 10.2. The summed E-state index contributed by atoms with van der Waals surface area (Å²) in [7, 11) is 0. The van der Waals surface area contributed by atoms with Gasteiger partial charge in [-0.1, -0.05) is 25.8 Å². The zero-order valence-corrected chi connectivity index (χ0v) is 14.7. The quantitative estimate of drug-likeness (QED) is 0.729. The third kappa shape index (κ3) is 4.76. The van der Waals surface area contributed by atoms with Gasteiger partial charge in [0.2, 0.25) is 0 Å². The van der Waals surface area contributed by atoms with Crippen molar-refractivity contribution in [1.82, 2.24) is 10.2 Å². The van der Waals surface area contributed by atoms with Crippen molar-refractivity contribution in [1.29, 1.82) is 0 Å². The first-order chi connectivity index (χ1) is 12.8. The summed E-state index contributed by atoms with van der Waals surface area (Å²) < 4.78 is 0. The highest BCUT2D eigenvalue weighted by molar-refractivity contribution is 6.04. The number of hydrogen-bond donors (Lipinski definition) is 1.